The number of carbonyl (C=O) groups excluding carboxylic acids is 1. The fourth-order valence-corrected chi connectivity index (χ4v) is 5.04. The number of amides is 1. The molecule has 34 heavy (non-hydrogen) atoms. The average Bonchev–Trinajstić information content (AvgIpc) is 3.49. The number of piperidine rings is 1. The number of aromatic nitrogens is 3. The van der Waals surface area contributed by atoms with Crippen LogP contribution in [0.3, 0.4) is 0 Å². The Labute approximate surface area is 198 Å². The first-order valence-electron chi connectivity index (χ1n) is 11.7. The number of hydrogen-bond acceptors (Lipinski definition) is 6. The number of pyridine rings is 2. The van der Waals surface area contributed by atoms with Gasteiger partial charge in [0.2, 0.25) is 0 Å². The maximum absolute atomic E-state index is 12.8. The molecular weight excluding hydrogens is 426 g/mol. The Kier molecular flexibility index (Phi) is 5.15. The molecule has 3 aromatic heterocycles. The van der Waals surface area contributed by atoms with E-state index in [1.807, 2.05) is 60.4 Å². The summed E-state index contributed by atoms with van der Waals surface area (Å²) < 4.78 is 2.05. The lowest BCUT2D eigenvalue weighted by Gasteiger charge is -2.33. The van der Waals surface area contributed by atoms with Gasteiger partial charge in [-0.05, 0) is 55.8 Å². The molecule has 1 aromatic carbocycles. The number of rotatable bonds is 5. The standard InChI is InChI=1S/C26H27N7O/c1-27-17-9-12-32(13-10-17)18-5-8-23(28-14-18)31-21-7-6-19(20-15-30-26(34)25(20)21)22-16-29-24-4-2-3-11-33(22)24/h2-8,11,14,16-17,27H,9-10,12-13,15H2,1H3,(H,28,31)(H,30,34). The van der Waals surface area contributed by atoms with E-state index in [1.165, 1.54) is 0 Å². The Morgan fingerprint density at radius 1 is 1.03 bits per heavy atom. The maximum Gasteiger partial charge on any atom is 0.254 e. The largest absolute Gasteiger partial charge is 0.370 e. The number of nitrogens with one attached hydrogen (secondary N) is 3. The van der Waals surface area contributed by atoms with Gasteiger partial charge in [-0.15, -0.1) is 0 Å². The van der Waals surface area contributed by atoms with Crippen molar-refractivity contribution in [2.24, 2.45) is 0 Å². The highest BCUT2D eigenvalue weighted by molar-refractivity contribution is 6.06. The molecule has 3 N–H and O–H groups in total. The molecule has 172 valence electrons. The van der Waals surface area contributed by atoms with Crippen molar-refractivity contribution >= 4 is 28.7 Å². The summed E-state index contributed by atoms with van der Waals surface area (Å²) in [5.74, 6) is 0.649. The van der Waals surface area contributed by atoms with Gasteiger partial charge in [0.15, 0.2) is 0 Å². The van der Waals surface area contributed by atoms with Gasteiger partial charge < -0.3 is 20.9 Å². The number of nitrogens with zero attached hydrogens (tertiary/aromatic N) is 4. The van der Waals surface area contributed by atoms with E-state index in [-0.39, 0.29) is 5.91 Å². The summed E-state index contributed by atoms with van der Waals surface area (Å²) in [4.78, 5) is 24.3. The highest BCUT2D eigenvalue weighted by Gasteiger charge is 2.27. The van der Waals surface area contributed by atoms with Crippen molar-refractivity contribution in [2.45, 2.75) is 25.4 Å². The van der Waals surface area contributed by atoms with Crippen LogP contribution in [-0.2, 0) is 6.54 Å². The molecule has 0 aliphatic carbocycles. The number of carbonyl (C=O) groups is 1. The zero-order valence-corrected chi connectivity index (χ0v) is 19.1. The van der Waals surface area contributed by atoms with Gasteiger partial charge in [-0.1, -0.05) is 12.1 Å². The molecule has 2 aliphatic heterocycles. The van der Waals surface area contributed by atoms with Crippen LogP contribution < -0.4 is 20.9 Å². The summed E-state index contributed by atoms with van der Waals surface area (Å²) in [5.41, 5.74) is 6.40. The first-order valence-corrected chi connectivity index (χ1v) is 11.7. The van der Waals surface area contributed by atoms with Crippen molar-refractivity contribution in [3.05, 3.63) is 72.2 Å². The van der Waals surface area contributed by atoms with Gasteiger partial charge in [0.05, 0.1) is 35.0 Å². The lowest BCUT2D eigenvalue weighted by atomic mass is 9.99. The molecule has 1 amide bonds. The van der Waals surface area contributed by atoms with Crippen LogP contribution in [0.5, 0.6) is 0 Å². The van der Waals surface area contributed by atoms with Crippen molar-refractivity contribution in [3.63, 3.8) is 0 Å². The molecule has 0 spiro atoms. The van der Waals surface area contributed by atoms with Crippen molar-refractivity contribution in [1.82, 2.24) is 25.0 Å². The minimum absolute atomic E-state index is 0.0720. The van der Waals surface area contributed by atoms with E-state index >= 15 is 0 Å². The van der Waals surface area contributed by atoms with E-state index in [4.69, 9.17) is 0 Å². The normalized spacial score (nSPS) is 16.0. The molecule has 2 aliphatic rings. The molecule has 8 nitrogen and oxygen atoms in total. The zero-order valence-electron chi connectivity index (χ0n) is 19.1. The highest BCUT2D eigenvalue weighted by atomic mass is 16.1. The molecule has 1 fully saturated rings. The summed E-state index contributed by atoms with van der Waals surface area (Å²) in [5, 5.41) is 9.72. The van der Waals surface area contributed by atoms with Gasteiger partial charge in [0, 0.05) is 37.4 Å². The van der Waals surface area contributed by atoms with Crippen LogP contribution in [0.25, 0.3) is 16.9 Å². The van der Waals surface area contributed by atoms with Crippen LogP contribution in [0.15, 0.2) is 61.1 Å². The van der Waals surface area contributed by atoms with Gasteiger partial charge in [0.25, 0.3) is 5.91 Å². The molecule has 0 atom stereocenters. The molecule has 4 aromatic rings. The van der Waals surface area contributed by atoms with Crippen LogP contribution in [-0.4, -0.2) is 46.5 Å². The molecule has 8 heteroatoms. The summed E-state index contributed by atoms with van der Waals surface area (Å²) >= 11 is 0. The van der Waals surface area contributed by atoms with Gasteiger partial charge in [-0.25, -0.2) is 9.97 Å². The maximum atomic E-state index is 12.8. The average molecular weight is 454 g/mol. The van der Waals surface area contributed by atoms with Crippen LogP contribution in [0, 0.1) is 0 Å². The van der Waals surface area contributed by atoms with E-state index in [9.17, 15) is 4.79 Å². The first kappa shape index (κ1) is 20.7. The molecule has 6 rings (SSSR count). The molecule has 5 heterocycles. The van der Waals surface area contributed by atoms with Crippen LogP contribution in [0.1, 0.15) is 28.8 Å². The van der Waals surface area contributed by atoms with Crippen molar-refractivity contribution in [1.29, 1.82) is 0 Å². The monoisotopic (exact) mass is 453 g/mol. The van der Waals surface area contributed by atoms with Gasteiger partial charge in [-0.2, -0.15) is 0 Å². The van der Waals surface area contributed by atoms with Crippen molar-refractivity contribution in [2.75, 3.05) is 30.4 Å². The fraction of sp³-hybridized carbons (Fsp3) is 0.269. The van der Waals surface area contributed by atoms with E-state index in [0.717, 1.165) is 65.6 Å². The van der Waals surface area contributed by atoms with Gasteiger partial charge in [0.1, 0.15) is 11.5 Å². The number of fused-ring (bicyclic) bond motifs is 2. The zero-order chi connectivity index (χ0) is 23.1. The highest BCUT2D eigenvalue weighted by Crippen LogP contribution is 2.35. The van der Waals surface area contributed by atoms with Crippen molar-refractivity contribution < 1.29 is 4.79 Å². The van der Waals surface area contributed by atoms with Crippen LogP contribution >= 0.6 is 0 Å². The van der Waals surface area contributed by atoms with E-state index in [0.29, 0.717) is 18.2 Å². The second kappa shape index (κ2) is 8.46. The summed E-state index contributed by atoms with van der Waals surface area (Å²) in [6.07, 6.45) is 8.04. The van der Waals surface area contributed by atoms with Gasteiger partial charge in [-0.3, -0.25) is 9.20 Å². The third-order valence-corrected chi connectivity index (χ3v) is 6.94. The molecule has 0 unspecified atom stereocenters. The quantitative estimate of drug-likeness (QED) is 0.428. The molecule has 1 saturated heterocycles. The summed E-state index contributed by atoms with van der Waals surface area (Å²) in [6, 6.07) is 14.6. The number of hydrogen-bond donors (Lipinski definition) is 3. The topological polar surface area (TPSA) is 86.6 Å². The number of anilines is 3. The lowest BCUT2D eigenvalue weighted by molar-refractivity contribution is 0.0966. The minimum atomic E-state index is -0.0720. The lowest BCUT2D eigenvalue weighted by Crippen LogP contribution is -2.41. The predicted octanol–water partition coefficient (Wildman–Crippen LogP) is 3.57. The molecular formula is C26H27N7O. The van der Waals surface area contributed by atoms with Crippen LogP contribution in [0.4, 0.5) is 17.2 Å². The molecule has 0 radical (unpaired) electrons. The Bertz CT molecular complexity index is 1350. The number of benzene rings is 1. The summed E-state index contributed by atoms with van der Waals surface area (Å²) in [6.45, 7) is 2.55. The minimum Gasteiger partial charge on any atom is -0.370 e. The smallest absolute Gasteiger partial charge is 0.254 e. The van der Waals surface area contributed by atoms with Gasteiger partial charge >= 0.3 is 0 Å². The molecule has 0 saturated carbocycles. The van der Waals surface area contributed by atoms with Crippen LogP contribution in [0.2, 0.25) is 0 Å². The third kappa shape index (κ3) is 3.56. The van der Waals surface area contributed by atoms with E-state index < -0.39 is 0 Å². The first-order chi connectivity index (χ1) is 16.7. The fourth-order valence-electron chi connectivity index (χ4n) is 5.04. The predicted molar refractivity (Wildman–Crippen MR) is 134 cm³/mol. The number of imidazole rings is 1. The van der Waals surface area contributed by atoms with Crippen molar-refractivity contribution in [3.8, 4) is 11.3 Å². The Hall–Kier alpha value is -3.91. The second-order valence-corrected chi connectivity index (χ2v) is 8.85. The SMILES string of the molecule is CNC1CCN(c2ccc(Nc3ccc(-c4cnc5ccccn45)c4c3C(=O)NC4)nc2)CC1. The second-order valence-electron chi connectivity index (χ2n) is 8.85. The third-order valence-electron chi connectivity index (χ3n) is 6.94. The Morgan fingerprint density at radius 3 is 2.71 bits per heavy atom. The van der Waals surface area contributed by atoms with E-state index in [2.05, 4.69) is 43.0 Å². The molecule has 0 bridgehead atoms. The Balaban J connectivity index is 1.28. The van der Waals surface area contributed by atoms with E-state index in [1.54, 1.807) is 0 Å². The summed E-state index contributed by atoms with van der Waals surface area (Å²) in [7, 11) is 2.03. The Morgan fingerprint density at radius 2 is 1.91 bits per heavy atom.